The molecule has 1 saturated carbocycles. The van der Waals surface area contributed by atoms with Gasteiger partial charge in [0.2, 0.25) is 5.92 Å². The number of aliphatic hydroxyl groups excluding tert-OH is 1. The van der Waals surface area contributed by atoms with E-state index in [-0.39, 0.29) is 22.8 Å². The lowest BCUT2D eigenvalue weighted by molar-refractivity contribution is -0.142. The number of ketones is 1. The summed E-state index contributed by atoms with van der Waals surface area (Å²) in [4.78, 5) is 26.0. The summed E-state index contributed by atoms with van der Waals surface area (Å²) in [5, 5.41) is 16.9. The molecule has 1 aliphatic heterocycles. The van der Waals surface area contributed by atoms with Crippen LogP contribution in [0.5, 0.6) is 0 Å². The maximum absolute atomic E-state index is 13.3. The average Bonchev–Trinajstić information content (AvgIpc) is 3.69. The van der Waals surface area contributed by atoms with Gasteiger partial charge in [-0.25, -0.2) is 18.1 Å². The number of carbonyl (C=O) groups is 2. The van der Waals surface area contributed by atoms with Crippen LogP contribution in [0.25, 0.3) is 11.4 Å². The average molecular weight is 750 g/mol. The molecule has 3 heterocycles. The highest BCUT2D eigenvalue weighted by Gasteiger charge is 2.48. The van der Waals surface area contributed by atoms with Crippen molar-refractivity contribution in [1.82, 2.24) is 24.5 Å². The summed E-state index contributed by atoms with van der Waals surface area (Å²) in [5.74, 6) is -4.02. The molecule has 4 aliphatic rings. The predicted molar refractivity (Wildman–Crippen MR) is 174 cm³/mol. The third-order valence-electron chi connectivity index (χ3n) is 10.3. The minimum Gasteiger partial charge on any atom is -0.389 e. The summed E-state index contributed by atoms with van der Waals surface area (Å²) in [7, 11) is 0. The van der Waals surface area contributed by atoms with Crippen molar-refractivity contribution in [3.63, 3.8) is 0 Å². The number of aromatic nitrogens is 4. The SMILES string of the molecule is O=C(c1ccc(-n2nc(C(F)(F)F)c3c2CCCC3)cc1)C1CC(F)(F)C1.O=C(c1ccc(-n2nc(C(F)(F)F)c3c2CCCC3)cc1)N1CC(O)C1. The number of amides is 1. The van der Waals surface area contributed by atoms with E-state index in [1.54, 1.807) is 24.3 Å². The lowest BCUT2D eigenvalue weighted by Crippen LogP contribution is -2.53. The number of benzene rings is 2. The molecular weight excluding hydrogens is 714 g/mol. The van der Waals surface area contributed by atoms with Crippen molar-refractivity contribution < 1.29 is 49.8 Å². The van der Waals surface area contributed by atoms with E-state index in [0.29, 0.717) is 79.1 Å². The van der Waals surface area contributed by atoms with Crippen LogP contribution in [0.1, 0.15) is 93.1 Å². The van der Waals surface area contributed by atoms with Crippen molar-refractivity contribution in [2.24, 2.45) is 5.92 Å². The number of halogens is 8. The molecule has 0 radical (unpaired) electrons. The van der Waals surface area contributed by atoms with Crippen LogP contribution in [-0.4, -0.2) is 66.4 Å². The van der Waals surface area contributed by atoms with Crippen molar-refractivity contribution in [1.29, 1.82) is 0 Å². The molecular formula is C37H35F8N5O3. The summed E-state index contributed by atoms with van der Waals surface area (Å²) < 4.78 is 108. The second-order valence-corrected chi connectivity index (χ2v) is 14.1. The molecule has 2 aromatic heterocycles. The highest BCUT2D eigenvalue weighted by molar-refractivity contribution is 5.98. The lowest BCUT2D eigenvalue weighted by Gasteiger charge is -2.35. The maximum Gasteiger partial charge on any atom is 0.435 e. The van der Waals surface area contributed by atoms with Gasteiger partial charge in [0.15, 0.2) is 17.2 Å². The fraction of sp³-hybridized carbons (Fsp3) is 0.459. The van der Waals surface area contributed by atoms with Crippen LogP contribution < -0.4 is 0 Å². The molecule has 282 valence electrons. The van der Waals surface area contributed by atoms with E-state index in [2.05, 4.69) is 10.2 Å². The van der Waals surface area contributed by atoms with Gasteiger partial charge in [0, 0.05) is 65.5 Å². The van der Waals surface area contributed by atoms with Gasteiger partial charge in [0.05, 0.1) is 17.5 Å². The van der Waals surface area contributed by atoms with Gasteiger partial charge in [-0.2, -0.15) is 36.5 Å². The van der Waals surface area contributed by atoms with Crippen LogP contribution in [0, 0.1) is 5.92 Å². The smallest absolute Gasteiger partial charge is 0.389 e. The molecule has 2 aromatic carbocycles. The van der Waals surface area contributed by atoms with Crippen LogP contribution in [0.15, 0.2) is 48.5 Å². The van der Waals surface area contributed by atoms with E-state index < -0.39 is 54.5 Å². The number of nitrogens with zero attached hydrogens (tertiary/aromatic N) is 5. The molecule has 1 saturated heterocycles. The second kappa shape index (κ2) is 13.7. The molecule has 53 heavy (non-hydrogen) atoms. The molecule has 4 aromatic rings. The highest BCUT2D eigenvalue weighted by atomic mass is 19.4. The summed E-state index contributed by atoms with van der Waals surface area (Å²) >= 11 is 0. The summed E-state index contributed by atoms with van der Waals surface area (Å²) in [6.45, 7) is 0.615. The van der Waals surface area contributed by atoms with Crippen molar-refractivity contribution in [2.75, 3.05) is 13.1 Å². The molecule has 0 atom stereocenters. The number of Topliss-reactive ketones (excluding diaryl/α,β-unsaturated/α-hetero) is 1. The minimum atomic E-state index is -4.52. The fourth-order valence-corrected chi connectivity index (χ4v) is 7.48. The van der Waals surface area contributed by atoms with E-state index in [1.165, 1.54) is 38.5 Å². The van der Waals surface area contributed by atoms with E-state index in [0.717, 1.165) is 19.3 Å². The maximum atomic E-state index is 13.3. The first-order chi connectivity index (χ1) is 25.0. The quantitative estimate of drug-likeness (QED) is 0.168. The minimum absolute atomic E-state index is 0.194. The molecule has 16 heteroatoms. The van der Waals surface area contributed by atoms with Gasteiger partial charge in [-0.1, -0.05) is 0 Å². The van der Waals surface area contributed by atoms with Gasteiger partial charge in [0.25, 0.3) is 5.91 Å². The molecule has 1 amide bonds. The fourth-order valence-electron chi connectivity index (χ4n) is 7.48. The topological polar surface area (TPSA) is 93.2 Å². The van der Waals surface area contributed by atoms with Gasteiger partial charge < -0.3 is 10.0 Å². The Morgan fingerprint density at radius 3 is 1.47 bits per heavy atom. The third kappa shape index (κ3) is 7.34. The molecule has 0 unspecified atom stereocenters. The van der Waals surface area contributed by atoms with Crippen LogP contribution in [0.3, 0.4) is 0 Å². The van der Waals surface area contributed by atoms with Gasteiger partial charge in [-0.05, 0) is 99.9 Å². The highest BCUT2D eigenvalue weighted by Crippen LogP contribution is 2.44. The Labute approximate surface area is 298 Å². The molecule has 8 nitrogen and oxygen atoms in total. The van der Waals surface area contributed by atoms with Gasteiger partial charge in [-0.3, -0.25) is 9.59 Å². The lowest BCUT2D eigenvalue weighted by atomic mass is 9.76. The van der Waals surface area contributed by atoms with Crippen LogP contribution in [-0.2, 0) is 38.0 Å². The van der Waals surface area contributed by atoms with Crippen molar-refractivity contribution in [2.45, 2.75) is 88.6 Å². The number of fused-ring (bicyclic) bond motifs is 2. The second-order valence-electron chi connectivity index (χ2n) is 14.1. The van der Waals surface area contributed by atoms with Crippen LogP contribution in [0.2, 0.25) is 0 Å². The Morgan fingerprint density at radius 1 is 0.660 bits per heavy atom. The standard InChI is InChI=1S/C19H17F5N2O.C18H18F3N3O2/c20-18(21)9-12(10-18)16(27)11-5-7-13(8-6-11)26-15-4-2-1-3-14(15)17(25-26)19(22,23)24;19-18(20,21)16-14-3-1-2-4-15(14)24(22-16)12-7-5-11(6-8-12)17(26)23-9-13(25)10-23/h5-8,12H,1-4,9-10H2;5-8,13,25H,1-4,9-10H2. The van der Waals surface area contributed by atoms with Gasteiger partial charge in [-0.15, -0.1) is 0 Å². The van der Waals surface area contributed by atoms with E-state index >= 15 is 0 Å². The van der Waals surface area contributed by atoms with Crippen LogP contribution in [0.4, 0.5) is 35.1 Å². The van der Waals surface area contributed by atoms with Crippen LogP contribution >= 0.6 is 0 Å². The molecule has 2 fully saturated rings. The Hall–Kier alpha value is -4.60. The summed E-state index contributed by atoms with van der Waals surface area (Å²) in [6, 6.07) is 12.4. The Morgan fingerprint density at radius 2 is 1.08 bits per heavy atom. The largest absolute Gasteiger partial charge is 0.435 e. The Balaban J connectivity index is 0.000000164. The first-order valence-electron chi connectivity index (χ1n) is 17.5. The zero-order valence-electron chi connectivity index (χ0n) is 28.3. The zero-order valence-corrected chi connectivity index (χ0v) is 28.3. The van der Waals surface area contributed by atoms with Crippen molar-refractivity contribution in [3.05, 3.63) is 93.6 Å². The van der Waals surface area contributed by atoms with Crippen molar-refractivity contribution >= 4 is 11.7 Å². The number of carbonyl (C=O) groups excluding carboxylic acids is 2. The molecule has 8 rings (SSSR count). The number of hydrogen-bond donors (Lipinski definition) is 1. The van der Waals surface area contributed by atoms with Gasteiger partial charge >= 0.3 is 12.4 Å². The van der Waals surface area contributed by atoms with Crippen molar-refractivity contribution in [3.8, 4) is 11.4 Å². The first-order valence-corrected chi connectivity index (χ1v) is 17.5. The first kappa shape index (κ1) is 36.7. The monoisotopic (exact) mass is 749 g/mol. The third-order valence-corrected chi connectivity index (χ3v) is 10.3. The van der Waals surface area contributed by atoms with E-state index in [4.69, 9.17) is 0 Å². The Bertz CT molecular complexity index is 2000. The predicted octanol–water partition coefficient (Wildman–Crippen LogP) is 7.58. The zero-order chi connectivity index (χ0) is 37.9. The molecule has 0 bridgehead atoms. The normalized spacial score (nSPS) is 18.6. The van der Waals surface area contributed by atoms with Gasteiger partial charge in [0.1, 0.15) is 0 Å². The number of likely N-dealkylation sites (tertiary alicyclic amines) is 1. The number of hydrogen-bond acceptors (Lipinski definition) is 5. The summed E-state index contributed by atoms with van der Waals surface area (Å²) in [5.41, 5.74) is 1.70. The molecule has 3 aliphatic carbocycles. The Kier molecular flexibility index (Phi) is 9.48. The molecule has 0 spiro atoms. The number of β-amino-alcohol motifs (C(OH)–C–C–N with tert-alkyl or cyclic N) is 1. The number of alkyl halides is 8. The number of aliphatic hydroxyl groups is 1. The number of rotatable bonds is 5. The summed E-state index contributed by atoms with van der Waals surface area (Å²) in [6.07, 6.45) is -5.50. The van der Waals surface area contributed by atoms with E-state index in [1.807, 2.05) is 0 Å². The molecule has 1 N–H and O–H groups in total. The van der Waals surface area contributed by atoms with E-state index in [9.17, 15) is 49.8 Å².